The maximum atomic E-state index is 16.9. The van der Waals surface area contributed by atoms with E-state index in [9.17, 15) is 9.59 Å². The van der Waals surface area contributed by atoms with Crippen LogP contribution >= 0.6 is 0 Å². The first-order valence-corrected chi connectivity index (χ1v) is 28.0. The second kappa shape index (κ2) is 22.9. The fourth-order valence-electron chi connectivity index (χ4n) is 14.6. The summed E-state index contributed by atoms with van der Waals surface area (Å²) >= 11 is 0. The lowest BCUT2D eigenvalue weighted by molar-refractivity contribution is -0.178. The van der Waals surface area contributed by atoms with E-state index in [0.717, 1.165) is 153 Å². The molecule has 2 aromatic rings. The standard InChI is InChI=1S/C57H90N6O5/c1-7-48(36-42(3)60-30-20-11-21-31-60)62(40-46-38-44-22-12-14-24-50(44)58(5)52(46)64)54(66)56(26-16-9-17-27-56)57(28-18-10-19-29-57)55(67)63(49(8-2)37-43(4)61-32-34-68-35-33-61)41-47-39-45-23-13-15-25-51(45)59(6)53(47)65/h38-39,42-43,48-49H,7-37,40-41H2,1-6H3. The fourth-order valence-corrected chi connectivity index (χ4v) is 14.6. The molecule has 0 aromatic carbocycles. The quantitative estimate of drug-likeness (QED) is 0.156. The van der Waals surface area contributed by atoms with Crippen LogP contribution in [0.25, 0.3) is 0 Å². The van der Waals surface area contributed by atoms with E-state index >= 15 is 9.59 Å². The lowest BCUT2D eigenvalue weighted by Gasteiger charge is -2.56. The number of carbonyl (C=O) groups excluding carboxylic acids is 2. The molecule has 8 rings (SSSR count). The average Bonchev–Trinajstić information content (AvgIpc) is 3.39. The number of amides is 2. The number of pyridine rings is 2. The van der Waals surface area contributed by atoms with Gasteiger partial charge in [-0.15, -0.1) is 0 Å². The van der Waals surface area contributed by atoms with Crippen LogP contribution in [-0.2, 0) is 67.2 Å². The summed E-state index contributed by atoms with van der Waals surface area (Å²) in [6, 6.07) is 4.64. The molecule has 68 heavy (non-hydrogen) atoms. The van der Waals surface area contributed by atoms with Gasteiger partial charge in [0.05, 0.1) is 37.1 Å². The number of morpholine rings is 1. The molecular formula is C57H90N6O5. The van der Waals surface area contributed by atoms with Crippen LogP contribution in [0.5, 0.6) is 0 Å². The molecule has 0 N–H and O–H groups in total. The highest BCUT2D eigenvalue weighted by Gasteiger charge is 2.63. The van der Waals surface area contributed by atoms with Crippen LogP contribution < -0.4 is 11.1 Å². The van der Waals surface area contributed by atoms with Gasteiger partial charge in [0.1, 0.15) is 0 Å². The Morgan fingerprint density at radius 2 is 0.941 bits per heavy atom. The average molecular weight is 939 g/mol. The molecule has 2 aliphatic heterocycles. The third-order valence-corrected chi connectivity index (χ3v) is 18.7. The number of aromatic nitrogens is 2. The maximum absolute atomic E-state index is 16.9. The van der Waals surface area contributed by atoms with Crippen LogP contribution in [-0.4, -0.2) is 104 Å². The Kier molecular flexibility index (Phi) is 17.2. The van der Waals surface area contributed by atoms with Crippen molar-refractivity contribution >= 4 is 11.8 Å². The van der Waals surface area contributed by atoms with Gasteiger partial charge in [0.15, 0.2) is 0 Å². The van der Waals surface area contributed by atoms with Crippen LogP contribution in [0.3, 0.4) is 0 Å². The third kappa shape index (κ3) is 10.4. The van der Waals surface area contributed by atoms with Gasteiger partial charge in [-0.2, -0.15) is 0 Å². The number of fused-ring (bicyclic) bond motifs is 2. The molecule has 4 fully saturated rings. The Balaban J connectivity index is 1.25. The second-order valence-electron chi connectivity index (χ2n) is 22.6. The van der Waals surface area contributed by atoms with E-state index in [1.807, 2.05) is 23.2 Å². The fraction of sp³-hybridized carbons (Fsp3) is 0.789. The normalized spacial score (nSPS) is 22.9. The Bertz CT molecular complexity index is 2000. The molecule has 11 heteroatoms. The van der Waals surface area contributed by atoms with E-state index in [1.165, 1.54) is 30.4 Å². The van der Waals surface area contributed by atoms with Gasteiger partial charge in [-0.05, 0) is 166 Å². The van der Waals surface area contributed by atoms with Crippen LogP contribution in [0, 0.1) is 10.8 Å². The summed E-state index contributed by atoms with van der Waals surface area (Å²) < 4.78 is 9.55. The minimum Gasteiger partial charge on any atom is -0.379 e. The van der Waals surface area contributed by atoms with Gasteiger partial charge < -0.3 is 28.6 Å². The minimum atomic E-state index is -0.923. The summed E-state index contributed by atoms with van der Waals surface area (Å²) in [5.41, 5.74) is 4.38. The van der Waals surface area contributed by atoms with Gasteiger partial charge in [-0.1, -0.05) is 58.8 Å². The summed E-state index contributed by atoms with van der Waals surface area (Å²) in [6.45, 7) is 15.0. The van der Waals surface area contributed by atoms with E-state index in [-0.39, 0.29) is 54.1 Å². The van der Waals surface area contributed by atoms with Gasteiger partial charge in [-0.3, -0.25) is 24.1 Å². The predicted octanol–water partition coefficient (Wildman–Crippen LogP) is 9.03. The molecule has 4 aliphatic carbocycles. The monoisotopic (exact) mass is 939 g/mol. The zero-order valence-corrected chi connectivity index (χ0v) is 43.5. The number of likely N-dealkylation sites (tertiary alicyclic amines) is 1. The smallest absolute Gasteiger partial charge is 0.255 e. The summed E-state index contributed by atoms with van der Waals surface area (Å²) in [7, 11) is 3.86. The zero-order chi connectivity index (χ0) is 48.0. The highest BCUT2D eigenvalue weighted by atomic mass is 16.5. The molecule has 2 amide bonds. The molecule has 0 radical (unpaired) electrons. The summed E-state index contributed by atoms with van der Waals surface area (Å²) in [4.78, 5) is 72.4. The first kappa shape index (κ1) is 51.1. The van der Waals surface area contributed by atoms with Crippen molar-refractivity contribution in [2.45, 2.75) is 225 Å². The SMILES string of the molecule is CCC(CC(C)N1CCCCC1)N(Cc1cc2c(n(C)c1=O)CCCC2)C(=O)C1(C2(C(=O)N(Cc3cc4c(n(C)c3=O)CCCC4)C(CC)CC(C)N3CCOCC3)CCCCC2)CCCCC1. The van der Waals surface area contributed by atoms with E-state index < -0.39 is 10.8 Å². The van der Waals surface area contributed by atoms with Crippen molar-refractivity contribution in [2.75, 3.05) is 39.4 Å². The van der Waals surface area contributed by atoms with E-state index in [1.54, 1.807) is 0 Å². The van der Waals surface area contributed by atoms with Gasteiger partial charge in [0.2, 0.25) is 11.8 Å². The maximum Gasteiger partial charge on any atom is 0.255 e. The second-order valence-corrected chi connectivity index (χ2v) is 22.6. The number of hydrogen-bond donors (Lipinski definition) is 0. The molecular weight excluding hydrogens is 849 g/mol. The predicted molar refractivity (Wildman–Crippen MR) is 273 cm³/mol. The Morgan fingerprint density at radius 1 is 0.559 bits per heavy atom. The first-order valence-electron chi connectivity index (χ1n) is 28.0. The molecule has 2 saturated heterocycles. The highest BCUT2D eigenvalue weighted by Crippen LogP contribution is 2.59. The van der Waals surface area contributed by atoms with E-state index in [4.69, 9.17) is 4.74 Å². The Hall–Kier alpha value is -3.28. The molecule has 0 bridgehead atoms. The largest absolute Gasteiger partial charge is 0.379 e. The number of aryl methyl sites for hydroxylation is 2. The van der Waals surface area contributed by atoms with Crippen LogP contribution in [0.4, 0.5) is 0 Å². The number of nitrogens with zero attached hydrogens (tertiary/aromatic N) is 6. The highest BCUT2D eigenvalue weighted by molar-refractivity contribution is 5.94. The van der Waals surface area contributed by atoms with Crippen LogP contribution in [0.15, 0.2) is 21.7 Å². The van der Waals surface area contributed by atoms with E-state index in [0.29, 0.717) is 56.1 Å². The van der Waals surface area contributed by atoms with Crippen molar-refractivity contribution in [2.24, 2.45) is 24.9 Å². The van der Waals surface area contributed by atoms with Crippen molar-refractivity contribution in [3.63, 3.8) is 0 Å². The number of piperidine rings is 1. The first-order chi connectivity index (χ1) is 32.9. The van der Waals surface area contributed by atoms with Crippen molar-refractivity contribution < 1.29 is 14.3 Å². The Labute approximate surface area is 409 Å². The van der Waals surface area contributed by atoms with Crippen molar-refractivity contribution in [3.05, 3.63) is 66.5 Å². The van der Waals surface area contributed by atoms with Crippen molar-refractivity contribution in [1.82, 2.24) is 28.7 Å². The summed E-state index contributed by atoms with van der Waals surface area (Å²) in [5.74, 6) is 0.219. The molecule has 4 heterocycles. The zero-order valence-electron chi connectivity index (χ0n) is 43.5. The summed E-state index contributed by atoms with van der Waals surface area (Å²) in [6.07, 6.45) is 23.5. The molecule has 4 atom stereocenters. The van der Waals surface area contributed by atoms with Crippen molar-refractivity contribution in [1.29, 1.82) is 0 Å². The third-order valence-electron chi connectivity index (χ3n) is 18.7. The van der Waals surface area contributed by atoms with Crippen LogP contribution in [0.2, 0.25) is 0 Å². The lowest BCUT2D eigenvalue weighted by Crippen LogP contribution is -2.64. The molecule has 2 saturated carbocycles. The van der Waals surface area contributed by atoms with Gasteiger partial charge >= 0.3 is 0 Å². The number of ether oxygens (including phenoxy) is 1. The molecule has 4 unspecified atom stereocenters. The van der Waals surface area contributed by atoms with E-state index in [2.05, 4.69) is 59.4 Å². The number of hydrogen-bond acceptors (Lipinski definition) is 7. The molecule has 0 spiro atoms. The topological polar surface area (TPSA) is 100 Å². The molecule has 2 aromatic heterocycles. The molecule has 6 aliphatic rings. The molecule has 378 valence electrons. The van der Waals surface area contributed by atoms with Gasteiger partial charge in [0.25, 0.3) is 11.1 Å². The molecule has 11 nitrogen and oxygen atoms in total. The summed E-state index contributed by atoms with van der Waals surface area (Å²) in [5, 5.41) is 0. The van der Waals surface area contributed by atoms with Crippen LogP contribution in [0.1, 0.15) is 196 Å². The minimum absolute atomic E-state index is 0.00657. The van der Waals surface area contributed by atoms with Gasteiger partial charge in [0, 0.05) is 73.9 Å². The van der Waals surface area contributed by atoms with Crippen molar-refractivity contribution in [3.8, 4) is 0 Å². The number of carbonyl (C=O) groups is 2. The lowest BCUT2D eigenvalue weighted by atomic mass is 9.50. The van der Waals surface area contributed by atoms with Gasteiger partial charge in [-0.25, -0.2) is 0 Å². The number of rotatable bonds is 17. The Morgan fingerprint density at radius 3 is 1.35 bits per heavy atom.